The summed E-state index contributed by atoms with van der Waals surface area (Å²) >= 11 is 0. The average Bonchev–Trinajstić information content (AvgIpc) is 2.80. The van der Waals surface area contributed by atoms with Crippen LogP contribution in [-0.4, -0.2) is 17.9 Å². The van der Waals surface area contributed by atoms with Crippen LogP contribution in [-0.2, 0) is 17.7 Å². The second kappa shape index (κ2) is 5.23. The van der Waals surface area contributed by atoms with Crippen LogP contribution in [0.4, 0.5) is 0 Å². The SMILES string of the molecule is Cc1cccc(C(=O)Cc2ccc3c(c2)B(O)OC3)c1. The molecule has 0 spiro atoms. The number of ketones is 1. The fourth-order valence-corrected chi connectivity index (χ4v) is 2.48. The van der Waals surface area contributed by atoms with Gasteiger partial charge in [0.1, 0.15) is 0 Å². The molecule has 2 aromatic carbocycles. The van der Waals surface area contributed by atoms with E-state index in [9.17, 15) is 9.82 Å². The Kier molecular flexibility index (Phi) is 3.43. The van der Waals surface area contributed by atoms with E-state index in [1.165, 1.54) is 0 Å². The van der Waals surface area contributed by atoms with Gasteiger partial charge in [-0.1, -0.05) is 42.0 Å². The summed E-state index contributed by atoms with van der Waals surface area (Å²) in [4.78, 5) is 12.3. The lowest BCUT2D eigenvalue weighted by atomic mass is 9.78. The molecule has 0 fully saturated rings. The molecule has 1 heterocycles. The Balaban J connectivity index is 1.82. The van der Waals surface area contributed by atoms with Crippen molar-refractivity contribution in [3.05, 3.63) is 64.7 Å². The highest BCUT2D eigenvalue weighted by atomic mass is 16.5. The van der Waals surface area contributed by atoms with Crippen molar-refractivity contribution in [2.45, 2.75) is 20.0 Å². The van der Waals surface area contributed by atoms with Gasteiger partial charge in [-0.2, -0.15) is 0 Å². The fraction of sp³-hybridized carbons (Fsp3) is 0.188. The van der Waals surface area contributed by atoms with Gasteiger partial charge in [-0.25, -0.2) is 0 Å². The van der Waals surface area contributed by atoms with Crippen molar-refractivity contribution in [2.24, 2.45) is 0 Å². The normalized spacial score (nSPS) is 13.4. The maximum atomic E-state index is 12.3. The molecule has 0 saturated heterocycles. The molecule has 1 N–H and O–H groups in total. The Hall–Kier alpha value is -1.91. The Morgan fingerprint density at radius 3 is 2.95 bits per heavy atom. The van der Waals surface area contributed by atoms with Crippen molar-refractivity contribution in [3.63, 3.8) is 0 Å². The van der Waals surface area contributed by atoms with Crippen molar-refractivity contribution in [3.8, 4) is 0 Å². The predicted molar refractivity (Wildman–Crippen MR) is 78.1 cm³/mol. The van der Waals surface area contributed by atoms with Gasteiger partial charge >= 0.3 is 7.12 Å². The molecule has 0 saturated carbocycles. The van der Waals surface area contributed by atoms with Gasteiger partial charge < -0.3 is 9.68 Å². The molecule has 3 nitrogen and oxygen atoms in total. The highest BCUT2D eigenvalue weighted by molar-refractivity contribution is 6.61. The van der Waals surface area contributed by atoms with Crippen molar-refractivity contribution in [1.29, 1.82) is 0 Å². The van der Waals surface area contributed by atoms with Crippen LogP contribution in [0.3, 0.4) is 0 Å². The molecule has 0 aliphatic carbocycles. The third-order valence-electron chi connectivity index (χ3n) is 3.58. The molecule has 0 radical (unpaired) electrons. The number of hydrogen-bond donors (Lipinski definition) is 1. The van der Waals surface area contributed by atoms with E-state index in [2.05, 4.69) is 0 Å². The molecule has 20 heavy (non-hydrogen) atoms. The highest BCUT2D eigenvalue weighted by Gasteiger charge is 2.27. The quantitative estimate of drug-likeness (QED) is 0.678. The lowest BCUT2D eigenvalue weighted by Gasteiger charge is -2.05. The van der Waals surface area contributed by atoms with E-state index in [0.717, 1.165) is 27.7 Å². The van der Waals surface area contributed by atoms with E-state index in [0.29, 0.717) is 13.0 Å². The third kappa shape index (κ3) is 2.53. The number of rotatable bonds is 3. The maximum Gasteiger partial charge on any atom is 0.491 e. The Morgan fingerprint density at radius 2 is 2.15 bits per heavy atom. The van der Waals surface area contributed by atoms with Crippen molar-refractivity contribution < 1.29 is 14.5 Å². The van der Waals surface area contributed by atoms with Crippen LogP contribution in [0.15, 0.2) is 42.5 Å². The van der Waals surface area contributed by atoms with Gasteiger partial charge in [-0.15, -0.1) is 0 Å². The Bertz CT molecular complexity index is 667. The van der Waals surface area contributed by atoms with Crippen LogP contribution in [0.1, 0.15) is 27.0 Å². The zero-order valence-electron chi connectivity index (χ0n) is 11.3. The first-order chi connectivity index (χ1) is 9.63. The molecule has 100 valence electrons. The molecule has 0 bridgehead atoms. The minimum absolute atomic E-state index is 0.0852. The summed E-state index contributed by atoms with van der Waals surface area (Å²) in [6, 6.07) is 13.3. The van der Waals surface area contributed by atoms with Crippen LogP contribution in [0.25, 0.3) is 0 Å². The minimum Gasteiger partial charge on any atom is -0.423 e. The molecule has 3 rings (SSSR count). The number of Topliss-reactive ketones (excluding diaryl/α,β-unsaturated/α-hetero) is 1. The van der Waals surface area contributed by atoms with E-state index in [-0.39, 0.29) is 5.78 Å². The molecule has 0 amide bonds. The summed E-state index contributed by atoms with van der Waals surface area (Å²) in [5.74, 6) is 0.0852. The zero-order valence-corrected chi connectivity index (χ0v) is 11.3. The van der Waals surface area contributed by atoms with Crippen molar-refractivity contribution >= 4 is 18.4 Å². The fourth-order valence-electron chi connectivity index (χ4n) is 2.48. The van der Waals surface area contributed by atoms with E-state index in [1.54, 1.807) is 0 Å². The smallest absolute Gasteiger partial charge is 0.423 e. The molecular weight excluding hydrogens is 251 g/mol. The van der Waals surface area contributed by atoms with Gasteiger partial charge in [0.2, 0.25) is 0 Å². The first-order valence-electron chi connectivity index (χ1n) is 6.65. The second-order valence-electron chi connectivity index (χ2n) is 5.17. The molecule has 4 heteroatoms. The van der Waals surface area contributed by atoms with E-state index in [1.807, 2.05) is 49.4 Å². The molecule has 0 aromatic heterocycles. The number of fused-ring (bicyclic) bond motifs is 1. The first kappa shape index (κ1) is 13.1. The van der Waals surface area contributed by atoms with E-state index in [4.69, 9.17) is 4.65 Å². The Labute approximate surface area is 118 Å². The van der Waals surface area contributed by atoms with Crippen LogP contribution in [0, 0.1) is 6.92 Å². The van der Waals surface area contributed by atoms with Crippen LogP contribution >= 0.6 is 0 Å². The standard InChI is InChI=1S/C16H15BO3/c1-11-3-2-4-13(7-11)16(18)9-12-5-6-14-10-20-17(19)15(14)8-12/h2-8,19H,9-10H2,1H3. The summed E-state index contributed by atoms with van der Waals surface area (Å²) in [7, 11) is -0.862. The van der Waals surface area contributed by atoms with Gasteiger partial charge in [0, 0.05) is 12.0 Å². The molecular formula is C16H15BO3. The number of hydrogen-bond acceptors (Lipinski definition) is 3. The van der Waals surface area contributed by atoms with E-state index < -0.39 is 7.12 Å². The molecule has 2 aromatic rings. The second-order valence-corrected chi connectivity index (χ2v) is 5.17. The summed E-state index contributed by atoms with van der Waals surface area (Å²) < 4.78 is 5.15. The average molecular weight is 266 g/mol. The number of benzene rings is 2. The van der Waals surface area contributed by atoms with Gasteiger partial charge in [0.25, 0.3) is 0 Å². The summed E-state index contributed by atoms with van der Waals surface area (Å²) in [6.45, 7) is 2.41. The van der Waals surface area contributed by atoms with Crippen LogP contribution in [0.5, 0.6) is 0 Å². The monoisotopic (exact) mass is 266 g/mol. The molecule has 1 aliphatic heterocycles. The van der Waals surface area contributed by atoms with Crippen molar-refractivity contribution in [1.82, 2.24) is 0 Å². The number of carbonyl (C=O) groups excluding carboxylic acids is 1. The van der Waals surface area contributed by atoms with Gasteiger partial charge in [-0.3, -0.25) is 4.79 Å². The van der Waals surface area contributed by atoms with Crippen molar-refractivity contribution in [2.75, 3.05) is 0 Å². The maximum absolute atomic E-state index is 12.3. The Morgan fingerprint density at radius 1 is 1.30 bits per heavy atom. The number of carbonyl (C=O) groups is 1. The van der Waals surface area contributed by atoms with Gasteiger partial charge in [-0.05, 0) is 29.6 Å². The largest absolute Gasteiger partial charge is 0.491 e. The summed E-state index contributed by atoms with van der Waals surface area (Å²) in [6.07, 6.45) is 0.337. The van der Waals surface area contributed by atoms with Gasteiger partial charge in [0.15, 0.2) is 5.78 Å². The lowest BCUT2D eigenvalue weighted by molar-refractivity contribution is 0.0993. The topological polar surface area (TPSA) is 46.5 Å². The van der Waals surface area contributed by atoms with Gasteiger partial charge in [0.05, 0.1) is 6.61 Å². The van der Waals surface area contributed by atoms with Crippen LogP contribution < -0.4 is 5.46 Å². The summed E-state index contributed by atoms with van der Waals surface area (Å²) in [5, 5.41) is 9.69. The van der Waals surface area contributed by atoms with Crippen LogP contribution in [0.2, 0.25) is 0 Å². The number of aryl methyl sites for hydroxylation is 1. The molecule has 0 unspecified atom stereocenters. The highest BCUT2D eigenvalue weighted by Crippen LogP contribution is 2.14. The summed E-state index contributed by atoms with van der Waals surface area (Å²) in [5.41, 5.74) is 4.47. The third-order valence-corrected chi connectivity index (χ3v) is 3.58. The molecule has 1 aliphatic rings. The lowest BCUT2D eigenvalue weighted by Crippen LogP contribution is -2.28. The zero-order chi connectivity index (χ0) is 14.1. The molecule has 0 atom stereocenters. The first-order valence-corrected chi connectivity index (χ1v) is 6.65. The van der Waals surface area contributed by atoms with E-state index >= 15 is 0 Å². The predicted octanol–water partition coefficient (Wildman–Crippen LogP) is 1.64. The minimum atomic E-state index is -0.862.